The fourth-order valence-corrected chi connectivity index (χ4v) is 5.15. The number of nitrogens with zero attached hydrogens (tertiary/aromatic N) is 1. The van der Waals surface area contributed by atoms with Gasteiger partial charge in [-0.1, -0.05) is 32.0 Å². The maximum absolute atomic E-state index is 13.3. The minimum Gasteiger partial charge on any atom is -0.350 e. The monoisotopic (exact) mass is 394 g/mol. The van der Waals surface area contributed by atoms with Gasteiger partial charge in [0, 0.05) is 17.1 Å². The zero-order chi connectivity index (χ0) is 20.4. The first-order chi connectivity index (χ1) is 12.4. The van der Waals surface area contributed by atoms with E-state index in [0.29, 0.717) is 12.0 Å². The van der Waals surface area contributed by atoms with Gasteiger partial charge < -0.3 is 10.2 Å². The van der Waals surface area contributed by atoms with Crippen molar-refractivity contribution in [1.82, 2.24) is 10.2 Å². The van der Waals surface area contributed by atoms with E-state index in [4.69, 9.17) is 0 Å². The number of benzene rings is 1. The average Bonchev–Trinajstić information content (AvgIpc) is 2.90. The molecule has 1 aromatic carbocycles. The summed E-state index contributed by atoms with van der Waals surface area (Å²) in [6.07, 6.45) is 0.354. The highest BCUT2D eigenvalue weighted by atomic mass is 32.2. The van der Waals surface area contributed by atoms with Crippen molar-refractivity contribution in [2.45, 2.75) is 58.7 Å². The van der Waals surface area contributed by atoms with Crippen molar-refractivity contribution in [2.75, 3.05) is 11.5 Å². The number of hydrogen-bond acceptors (Lipinski definition) is 4. The van der Waals surface area contributed by atoms with Crippen molar-refractivity contribution in [3.05, 3.63) is 35.9 Å². The standard InChI is InChI=1S/C20H30N2O4S/c1-14(2)17(18(23)21-20(3,4)5)22(16-11-12-27(25,26)13-16)19(24)15-9-7-6-8-10-15/h6-10,14,16-17H,11-13H2,1-5H3,(H,21,23)/t16-,17-/m1/s1. The molecule has 7 heteroatoms. The average molecular weight is 395 g/mol. The van der Waals surface area contributed by atoms with Crippen molar-refractivity contribution in [3.8, 4) is 0 Å². The molecular weight excluding hydrogens is 364 g/mol. The number of amides is 2. The van der Waals surface area contributed by atoms with Crippen molar-refractivity contribution < 1.29 is 18.0 Å². The molecule has 0 spiro atoms. The molecule has 1 aliphatic heterocycles. The van der Waals surface area contributed by atoms with E-state index < -0.39 is 27.5 Å². The molecule has 1 aromatic rings. The van der Waals surface area contributed by atoms with E-state index in [-0.39, 0.29) is 29.2 Å². The Morgan fingerprint density at radius 3 is 2.19 bits per heavy atom. The lowest BCUT2D eigenvalue weighted by molar-refractivity contribution is -0.129. The molecular formula is C20H30N2O4S. The maximum atomic E-state index is 13.3. The number of nitrogens with one attached hydrogen (secondary N) is 1. The van der Waals surface area contributed by atoms with E-state index in [9.17, 15) is 18.0 Å². The van der Waals surface area contributed by atoms with Crippen LogP contribution < -0.4 is 5.32 Å². The first-order valence-electron chi connectivity index (χ1n) is 9.31. The highest BCUT2D eigenvalue weighted by Crippen LogP contribution is 2.26. The molecule has 0 unspecified atom stereocenters. The minimum atomic E-state index is -3.20. The third-order valence-corrected chi connectivity index (χ3v) is 6.31. The van der Waals surface area contributed by atoms with Crippen LogP contribution >= 0.6 is 0 Å². The summed E-state index contributed by atoms with van der Waals surface area (Å²) < 4.78 is 24.1. The molecule has 150 valence electrons. The molecule has 27 heavy (non-hydrogen) atoms. The predicted octanol–water partition coefficient (Wildman–Crippen LogP) is 2.26. The molecule has 1 N–H and O–H groups in total. The highest BCUT2D eigenvalue weighted by Gasteiger charge is 2.42. The van der Waals surface area contributed by atoms with Gasteiger partial charge in [0.15, 0.2) is 9.84 Å². The van der Waals surface area contributed by atoms with Crippen LogP contribution in [0.3, 0.4) is 0 Å². The Morgan fingerprint density at radius 1 is 1.15 bits per heavy atom. The van der Waals surface area contributed by atoms with Gasteiger partial charge in [0.1, 0.15) is 6.04 Å². The molecule has 2 amide bonds. The third-order valence-electron chi connectivity index (χ3n) is 4.56. The summed E-state index contributed by atoms with van der Waals surface area (Å²) in [5.74, 6) is -0.783. The number of carbonyl (C=O) groups is 2. The minimum absolute atomic E-state index is 0.0436. The highest BCUT2D eigenvalue weighted by molar-refractivity contribution is 7.91. The second-order valence-electron chi connectivity index (χ2n) is 8.56. The van der Waals surface area contributed by atoms with Crippen LogP contribution in [0.25, 0.3) is 0 Å². The lowest BCUT2D eigenvalue weighted by atomic mass is 9.96. The van der Waals surface area contributed by atoms with E-state index in [1.807, 2.05) is 40.7 Å². The molecule has 0 aromatic heterocycles. The quantitative estimate of drug-likeness (QED) is 0.830. The molecule has 1 saturated heterocycles. The van der Waals surface area contributed by atoms with Gasteiger partial charge in [0.05, 0.1) is 11.5 Å². The fraction of sp³-hybridized carbons (Fsp3) is 0.600. The summed E-state index contributed by atoms with van der Waals surface area (Å²) in [5.41, 5.74) is 0.00368. The van der Waals surface area contributed by atoms with E-state index in [0.717, 1.165) is 0 Å². The van der Waals surface area contributed by atoms with Crippen molar-refractivity contribution in [3.63, 3.8) is 0 Å². The number of carbonyl (C=O) groups excluding carboxylic acids is 2. The van der Waals surface area contributed by atoms with Gasteiger partial charge in [-0.25, -0.2) is 8.42 Å². The van der Waals surface area contributed by atoms with Crippen molar-refractivity contribution in [1.29, 1.82) is 0 Å². The topological polar surface area (TPSA) is 83.6 Å². The molecule has 2 atom stereocenters. The van der Waals surface area contributed by atoms with E-state index in [2.05, 4.69) is 5.32 Å². The fourth-order valence-electron chi connectivity index (χ4n) is 3.44. The predicted molar refractivity (Wildman–Crippen MR) is 106 cm³/mol. The Balaban J connectivity index is 2.45. The molecule has 1 aliphatic rings. The second kappa shape index (κ2) is 8.00. The van der Waals surface area contributed by atoms with Crippen LogP contribution in [-0.2, 0) is 14.6 Å². The number of hydrogen-bond donors (Lipinski definition) is 1. The van der Waals surface area contributed by atoms with Crippen LogP contribution in [-0.4, -0.2) is 54.3 Å². The summed E-state index contributed by atoms with van der Waals surface area (Å²) in [5, 5.41) is 2.95. The van der Waals surface area contributed by atoms with Gasteiger partial charge >= 0.3 is 0 Å². The van der Waals surface area contributed by atoms with Crippen LogP contribution in [0.5, 0.6) is 0 Å². The molecule has 2 rings (SSSR count). The second-order valence-corrected chi connectivity index (χ2v) is 10.8. The number of sulfone groups is 1. The SMILES string of the molecule is CC(C)[C@H](C(=O)NC(C)(C)C)N(C(=O)c1ccccc1)[C@@H]1CCS(=O)(=O)C1. The Hall–Kier alpha value is -1.89. The molecule has 0 aliphatic carbocycles. The zero-order valence-corrected chi connectivity index (χ0v) is 17.5. The summed E-state index contributed by atoms with van der Waals surface area (Å²) >= 11 is 0. The Labute approximate surface area is 162 Å². The van der Waals surface area contributed by atoms with Crippen LogP contribution in [0, 0.1) is 5.92 Å². The largest absolute Gasteiger partial charge is 0.350 e. The summed E-state index contributed by atoms with van der Waals surface area (Å²) in [4.78, 5) is 27.9. The summed E-state index contributed by atoms with van der Waals surface area (Å²) in [7, 11) is -3.20. The van der Waals surface area contributed by atoms with Crippen molar-refractivity contribution in [2.24, 2.45) is 5.92 Å². The van der Waals surface area contributed by atoms with Crippen LogP contribution in [0.4, 0.5) is 0 Å². The molecule has 0 saturated carbocycles. The Bertz CT molecular complexity index is 782. The van der Waals surface area contributed by atoms with Crippen LogP contribution in [0.2, 0.25) is 0 Å². The van der Waals surface area contributed by atoms with E-state index >= 15 is 0 Å². The number of rotatable bonds is 5. The van der Waals surface area contributed by atoms with Gasteiger partial charge in [-0.15, -0.1) is 0 Å². The van der Waals surface area contributed by atoms with Gasteiger partial charge in [-0.05, 0) is 45.2 Å². The maximum Gasteiger partial charge on any atom is 0.254 e. The first-order valence-corrected chi connectivity index (χ1v) is 11.1. The smallest absolute Gasteiger partial charge is 0.254 e. The van der Waals surface area contributed by atoms with Gasteiger partial charge in [-0.2, -0.15) is 0 Å². The van der Waals surface area contributed by atoms with E-state index in [1.165, 1.54) is 4.90 Å². The molecule has 1 heterocycles. The van der Waals surface area contributed by atoms with E-state index in [1.54, 1.807) is 24.3 Å². The zero-order valence-electron chi connectivity index (χ0n) is 16.7. The molecule has 1 fully saturated rings. The Morgan fingerprint density at radius 2 is 1.74 bits per heavy atom. The molecule has 6 nitrogen and oxygen atoms in total. The van der Waals surface area contributed by atoms with Crippen LogP contribution in [0.15, 0.2) is 30.3 Å². The van der Waals surface area contributed by atoms with Gasteiger partial charge in [0.2, 0.25) is 5.91 Å². The van der Waals surface area contributed by atoms with Crippen molar-refractivity contribution >= 4 is 21.7 Å². The first kappa shape index (κ1) is 21.4. The molecule has 0 bridgehead atoms. The third kappa shape index (κ3) is 5.54. The summed E-state index contributed by atoms with van der Waals surface area (Å²) in [6.45, 7) is 9.40. The lowest BCUT2D eigenvalue weighted by Crippen LogP contribution is -2.59. The Kier molecular flexibility index (Phi) is 6.35. The van der Waals surface area contributed by atoms with Crippen LogP contribution in [0.1, 0.15) is 51.4 Å². The molecule has 0 radical (unpaired) electrons. The normalized spacial score (nSPS) is 20.3. The lowest BCUT2D eigenvalue weighted by Gasteiger charge is -2.39. The van der Waals surface area contributed by atoms with Gasteiger partial charge in [-0.3, -0.25) is 9.59 Å². The summed E-state index contributed by atoms with van der Waals surface area (Å²) in [6, 6.07) is 7.48. The van der Waals surface area contributed by atoms with Gasteiger partial charge in [0.25, 0.3) is 5.91 Å².